The molecule has 0 spiro atoms. The van der Waals surface area contributed by atoms with Crippen LogP contribution < -0.4 is 10.2 Å². The predicted molar refractivity (Wildman–Crippen MR) is 100 cm³/mol. The van der Waals surface area contributed by atoms with Gasteiger partial charge in [0.2, 0.25) is 6.29 Å². The Morgan fingerprint density at radius 3 is 2.56 bits per heavy atom. The smallest absolute Gasteiger partial charge is 0.229 e. The molecule has 4 rings (SSSR count). The van der Waals surface area contributed by atoms with Crippen molar-refractivity contribution in [1.29, 1.82) is 0 Å². The minimum absolute atomic E-state index is 0.172. The zero-order chi connectivity index (χ0) is 19.3. The summed E-state index contributed by atoms with van der Waals surface area (Å²) >= 11 is 1.33. The van der Waals surface area contributed by atoms with E-state index in [1.807, 2.05) is 12.1 Å². The van der Waals surface area contributed by atoms with E-state index in [1.165, 1.54) is 17.4 Å². The summed E-state index contributed by atoms with van der Waals surface area (Å²) < 4.78 is 12.3. The van der Waals surface area contributed by atoms with Crippen LogP contribution in [-0.4, -0.2) is 51.1 Å². The number of rotatable bonds is 2. The maximum atomic E-state index is 12.7. The van der Waals surface area contributed by atoms with Crippen molar-refractivity contribution in [2.75, 3.05) is 0 Å². The number of fused-ring (bicyclic) bond motifs is 2. The summed E-state index contributed by atoms with van der Waals surface area (Å²) in [4.78, 5) is 12.7. The Morgan fingerprint density at radius 2 is 1.78 bits per heavy atom. The summed E-state index contributed by atoms with van der Waals surface area (Å²) in [6.07, 6.45) is -6.10. The number of aliphatic hydroxyl groups excluding tert-OH is 3. The summed E-state index contributed by atoms with van der Waals surface area (Å²) in [5, 5.41) is 40.8. The molecule has 0 unspecified atom stereocenters. The number of hydrogen-bond donors (Lipinski definition) is 4. The highest BCUT2D eigenvalue weighted by molar-refractivity contribution is 7.24. The van der Waals surface area contributed by atoms with Crippen LogP contribution in [0.15, 0.2) is 41.2 Å². The van der Waals surface area contributed by atoms with Crippen LogP contribution in [-0.2, 0) is 4.74 Å². The second-order valence-electron chi connectivity index (χ2n) is 6.54. The molecule has 4 N–H and O–H groups in total. The van der Waals surface area contributed by atoms with Gasteiger partial charge in [-0.1, -0.05) is 12.1 Å². The molecule has 0 bridgehead atoms. The molecule has 142 valence electrons. The van der Waals surface area contributed by atoms with E-state index in [1.54, 1.807) is 25.1 Å². The lowest BCUT2D eigenvalue weighted by Gasteiger charge is -2.38. The van der Waals surface area contributed by atoms with Crippen LogP contribution in [0, 0.1) is 0 Å². The molecule has 0 radical (unpaired) electrons. The highest BCUT2D eigenvalue weighted by Gasteiger charge is 2.43. The Kier molecular flexibility index (Phi) is 4.53. The first-order chi connectivity index (χ1) is 12.9. The van der Waals surface area contributed by atoms with Crippen LogP contribution in [0.4, 0.5) is 0 Å². The molecule has 5 atom stereocenters. The maximum Gasteiger partial charge on any atom is 0.229 e. The van der Waals surface area contributed by atoms with Crippen molar-refractivity contribution in [3.05, 3.63) is 46.6 Å². The van der Waals surface area contributed by atoms with Gasteiger partial charge in [0.05, 0.1) is 11.5 Å². The molecular weight excluding hydrogens is 372 g/mol. The molecule has 1 aliphatic heterocycles. The van der Waals surface area contributed by atoms with Gasteiger partial charge in [-0.3, -0.25) is 4.79 Å². The van der Waals surface area contributed by atoms with Crippen molar-refractivity contribution in [3.8, 4) is 11.5 Å². The fourth-order valence-electron chi connectivity index (χ4n) is 3.19. The number of phenolic OH excluding ortho intramolecular Hbond substituents is 1. The van der Waals surface area contributed by atoms with Crippen molar-refractivity contribution in [1.82, 2.24) is 0 Å². The van der Waals surface area contributed by atoms with E-state index < -0.39 is 30.7 Å². The molecule has 1 fully saturated rings. The van der Waals surface area contributed by atoms with Crippen LogP contribution in [0.25, 0.3) is 20.2 Å². The summed E-state index contributed by atoms with van der Waals surface area (Å²) in [6, 6.07) is 9.95. The van der Waals surface area contributed by atoms with E-state index in [0.717, 1.165) is 4.70 Å². The van der Waals surface area contributed by atoms with E-state index in [0.29, 0.717) is 10.1 Å². The molecule has 0 amide bonds. The number of phenols is 1. The van der Waals surface area contributed by atoms with Crippen molar-refractivity contribution in [3.63, 3.8) is 0 Å². The number of aliphatic hydroxyl groups is 3. The third kappa shape index (κ3) is 3.05. The minimum Gasteiger partial charge on any atom is -0.507 e. The van der Waals surface area contributed by atoms with Gasteiger partial charge in [0.15, 0.2) is 5.43 Å². The SMILES string of the molecule is C[C@@H]1O[C@@H](Oc2cc(O)c3c(=O)c4ccccc4sc3c2)[C@H](O)[C@H](O)[C@H]1O. The first-order valence-electron chi connectivity index (χ1n) is 8.41. The third-order valence-corrected chi connectivity index (χ3v) is 5.81. The Morgan fingerprint density at radius 1 is 1.04 bits per heavy atom. The third-order valence-electron chi connectivity index (χ3n) is 4.69. The van der Waals surface area contributed by atoms with Gasteiger partial charge in [0, 0.05) is 20.9 Å². The molecule has 1 saturated heterocycles. The molecule has 3 aromatic rings. The van der Waals surface area contributed by atoms with Crippen molar-refractivity contribution in [2.24, 2.45) is 0 Å². The van der Waals surface area contributed by atoms with E-state index in [2.05, 4.69) is 0 Å². The normalized spacial score (nSPS) is 28.5. The van der Waals surface area contributed by atoms with Crippen LogP contribution in [0.5, 0.6) is 11.5 Å². The highest BCUT2D eigenvalue weighted by atomic mass is 32.1. The van der Waals surface area contributed by atoms with Gasteiger partial charge in [-0.15, -0.1) is 11.3 Å². The van der Waals surface area contributed by atoms with Gasteiger partial charge in [-0.05, 0) is 25.1 Å². The van der Waals surface area contributed by atoms with Gasteiger partial charge in [-0.25, -0.2) is 0 Å². The molecule has 8 heteroatoms. The average Bonchev–Trinajstić information content (AvgIpc) is 2.64. The van der Waals surface area contributed by atoms with E-state index in [4.69, 9.17) is 9.47 Å². The zero-order valence-corrected chi connectivity index (χ0v) is 15.1. The van der Waals surface area contributed by atoms with Gasteiger partial charge in [0.25, 0.3) is 0 Å². The molecule has 1 aromatic heterocycles. The first-order valence-corrected chi connectivity index (χ1v) is 9.23. The van der Waals surface area contributed by atoms with Crippen LogP contribution in [0.2, 0.25) is 0 Å². The standard InChI is InChI=1S/C19H18O7S/c1-8-15(21)17(23)18(24)19(25-8)26-9-6-11(20)14-13(7-9)27-12-5-3-2-4-10(12)16(14)22/h2-8,15,17-21,23-24H,1H3/t8-,15-,17+,18+,19-/m0/s1. The van der Waals surface area contributed by atoms with Crippen molar-refractivity contribution < 1.29 is 29.9 Å². The molecular formula is C19H18O7S. The number of benzene rings is 2. The Labute approximate surface area is 157 Å². The second-order valence-corrected chi connectivity index (χ2v) is 7.63. The Balaban J connectivity index is 1.75. The molecule has 2 aromatic carbocycles. The van der Waals surface area contributed by atoms with Crippen molar-refractivity contribution in [2.45, 2.75) is 37.6 Å². The summed E-state index contributed by atoms with van der Waals surface area (Å²) in [5.74, 6) is -0.0702. The monoisotopic (exact) mass is 390 g/mol. The minimum atomic E-state index is -1.47. The second kappa shape index (κ2) is 6.74. The van der Waals surface area contributed by atoms with Crippen LogP contribution in [0.1, 0.15) is 6.92 Å². The molecule has 2 heterocycles. The molecule has 0 saturated carbocycles. The Hall–Kier alpha value is -2.23. The van der Waals surface area contributed by atoms with E-state index in [9.17, 15) is 25.2 Å². The zero-order valence-electron chi connectivity index (χ0n) is 14.3. The lowest BCUT2D eigenvalue weighted by molar-refractivity contribution is -0.268. The Bertz CT molecular complexity index is 1060. The van der Waals surface area contributed by atoms with Gasteiger partial charge < -0.3 is 29.9 Å². The largest absolute Gasteiger partial charge is 0.507 e. The fourth-order valence-corrected chi connectivity index (χ4v) is 4.32. The lowest BCUT2D eigenvalue weighted by Crippen LogP contribution is -2.58. The fraction of sp³-hybridized carbons (Fsp3) is 0.316. The summed E-state index contributed by atoms with van der Waals surface area (Å²) in [6.45, 7) is 1.55. The van der Waals surface area contributed by atoms with E-state index in [-0.39, 0.29) is 22.3 Å². The van der Waals surface area contributed by atoms with E-state index >= 15 is 0 Å². The average molecular weight is 390 g/mol. The van der Waals surface area contributed by atoms with Crippen molar-refractivity contribution >= 4 is 31.5 Å². The number of hydrogen-bond acceptors (Lipinski definition) is 8. The molecule has 27 heavy (non-hydrogen) atoms. The van der Waals surface area contributed by atoms with Crippen LogP contribution >= 0.6 is 11.3 Å². The first kappa shape index (κ1) is 18.1. The molecule has 0 aliphatic carbocycles. The predicted octanol–water partition coefficient (Wildman–Crippen LogP) is 1.33. The van der Waals surface area contributed by atoms with Gasteiger partial charge in [-0.2, -0.15) is 0 Å². The van der Waals surface area contributed by atoms with Gasteiger partial charge >= 0.3 is 0 Å². The molecule has 1 aliphatic rings. The summed E-state index contributed by atoms with van der Waals surface area (Å²) in [7, 11) is 0. The number of aromatic hydroxyl groups is 1. The molecule has 7 nitrogen and oxygen atoms in total. The number of ether oxygens (including phenoxy) is 2. The topological polar surface area (TPSA) is 116 Å². The summed E-state index contributed by atoms with van der Waals surface area (Å²) in [5.41, 5.74) is -0.274. The highest BCUT2D eigenvalue weighted by Crippen LogP contribution is 2.35. The maximum absolute atomic E-state index is 12.7. The lowest BCUT2D eigenvalue weighted by atomic mass is 10.00. The van der Waals surface area contributed by atoms with Crippen LogP contribution in [0.3, 0.4) is 0 Å². The van der Waals surface area contributed by atoms with Gasteiger partial charge in [0.1, 0.15) is 29.8 Å². The quantitative estimate of drug-likeness (QED) is 0.488.